The molecule has 0 saturated carbocycles. The molecule has 38 heavy (non-hydrogen) atoms. The van der Waals surface area contributed by atoms with E-state index in [2.05, 4.69) is 54.2 Å². The van der Waals surface area contributed by atoms with E-state index in [0.29, 0.717) is 24.0 Å². The van der Waals surface area contributed by atoms with Crippen molar-refractivity contribution in [3.63, 3.8) is 0 Å². The van der Waals surface area contributed by atoms with E-state index < -0.39 is 5.60 Å². The SMILES string of the molecule is C=CC(=O)Nc1cccc(-c2ncc3cnc(Nc4ccc(N5CCN(CC(C)(C)O)CC5)cc4)nn23)c1. The number of amides is 1. The Kier molecular flexibility index (Phi) is 7.08. The zero-order chi connectivity index (χ0) is 26.7. The molecule has 1 aliphatic heterocycles. The molecular weight excluding hydrogens is 480 g/mol. The molecule has 0 radical (unpaired) electrons. The third-order valence-electron chi connectivity index (χ3n) is 6.32. The molecule has 10 nitrogen and oxygen atoms in total. The van der Waals surface area contributed by atoms with Gasteiger partial charge in [-0.15, -0.1) is 5.10 Å². The van der Waals surface area contributed by atoms with Gasteiger partial charge in [-0.05, 0) is 56.3 Å². The van der Waals surface area contributed by atoms with Crippen molar-refractivity contribution in [2.24, 2.45) is 0 Å². The Morgan fingerprint density at radius 3 is 2.50 bits per heavy atom. The molecular formula is C28H32N8O2. The number of benzene rings is 2. The van der Waals surface area contributed by atoms with Crippen LogP contribution in [0.15, 0.2) is 73.6 Å². The third-order valence-corrected chi connectivity index (χ3v) is 6.32. The van der Waals surface area contributed by atoms with Crippen LogP contribution in [-0.2, 0) is 4.79 Å². The maximum Gasteiger partial charge on any atom is 0.247 e. The number of hydrogen-bond acceptors (Lipinski definition) is 8. The maximum atomic E-state index is 11.7. The fourth-order valence-corrected chi connectivity index (χ4v) is 4.58. The lowest BCUT2D eigenvalue weighted by molar-refractivity contribution is -0.111. The Morgan fingerprint density at radius 1 is 1.05 bits per heavy atom. The standard InChI is InChI=1S/C28H32N8O2/c1-4-25(37)31-22-7-5-6-20(16-22)26-29-17-24-18-30-27(33-36(24)26)32-21-8-10-23(11-9-21)35-14-12-34(13-15-35)19-28(2,3)38/h4-11,16-18,38H,1,12-15,19H2,2-3H3,(H,31,37)(H,32,33). The number of β-amino-alcohol motifs (C(OH)–C–C–N with tert-alkyl or cyclic N) is 1. The molecule has 0 unspecified atom stereocenters. The number of anilines is 4. The topological polar surface area (TPSA) is 111 Å². The fourth-order valence-electron chi connectivity index (χ4n) is 4.58. The van der Waals surface area contributed by atoms with Gasteiger partial charge in [0, 0.05) is 55.3 Å². The maximum absolute atomic E-state index is 11.7. The van der Waals surface area contributed by atoms with Gasteiger partial charge < -0.3 is 20.6 Å². The van der Waals surface area contributed by atoms with Crippen LogP contribution >= 0.6 is 0 Å². The zero-order valence-electron chi connectivity index (χ0n) is 21.6. The highest BCUT2D eigenvalue weighted by Gasteiger charge is 2.22. The summed E-state index contributed by atoms with van der Waals surface area (Å²) in [4.78, 5) is 25.3. The average Bonchev–Trinajstić information content (AvgIpc) is 3.32. The molecule has 10 heteroatoms. The Hall–Kier alpha value is -4.28. The van der Waals surface area contributed by atoms with E-state index in [-0.39, 0.29) is 5.91 Å². The highest BCUT2D eigenvalue weighted by molar-refractivity contribution is 5.99. The fraction of sp³-hybridized carbons (Fsp3) is 0.286. The molecule has 196 valence electrons. The van der Waals surface area contributed by atoms with Crippen molar-refractivity contribution in [3.05, 3.63) is 73.6 Å². The molecule has 0 bridgehead atoms. The van der Waals surface area contributed by atoms with Crippen molar-refractivity contribution >= 4 is 34.4 Å². The van der Waals surface area contributed by atoms with Gasteiger partial charge in [0.2, 0.25) is 11.9 Å². The summed E-state index contributed by atoms with van der Waals surface area (Å²) in [6.45, 7) is 11.6. The average molecular weight is 513 g/mol. The number of carbonyl (C=O) groups is 1. The summed E-state index contributed by atoms with van der Waals surface area (Å²) < 4.78 is 1.73. The van der Waals surface area contributed by atoms with E-state index in [4.69, 9.17) is 0 Å². The minimum Gasteiger partial charge on any atom is -0.389 e. The highest BCUT2D eigenvalue weighted by atomic mass is 16.3. The number of aliphatic hydroxyl groups is 1. The van der Waals surface area contributed by atoms with E-state index in [1.807, 2.05) is 50.2 Å². The van der Waals surface area contributed by atoms with E-state index in [0.717, 1.165) is 48.6 Å². The van der Waals surface area contributed by atoms with Crippen LogP contribution in [0.5, 0.6) is 0 Å². The van der Waals surface area contributed by atoms with E-state index in [1.54, 1.807) is 16.9 Å². The second-order valence-corrected chi connectivity index (χ2v) is 10.0. The first-order chi connectivity index (χ1) is 18.3. The number of nitrogens with zero attached hydrogens (tertiary/aromatic N) is 6. The van der Waals surface area contributed by atoms with Crippen LogP contribution in [-0.4, -0.2) is 73.8 Å². The van der Waals surface area contributed by atoms with Crippen LogP contribution in [0.25, 0.3) is 16.9 Å². The summed E-state index contributed by atoms with van der Waals surface area (Å²) in [7, 11) is 0. The summed E-state index contributed by atoms with van der Waals surface area (Å²) in [6, 6.07) is 15.6. The van der Waals surface area contributed by atoms with Gasteiger partial charge in [0.05, 0.1) is 18.0 Å². The van der Waals surface area contributed by atoms with Crippen molar-refractivity contribution < 1.29 is 9.90 Å². The van der Waals surface area contributed by atoms with Gasteiger partial charge in [-0.2, -0.15) is 0 Å². The summed E-state index contributed by atoms with van der Waals surface area (Å²) in [5.74, 6) is 0.808. The van der Waals surface area contributed by atoms with Gasteiger partial charge in [-0.25, -0.2) is 14.5 Å². The molecule has 0 aliphatic carbocycles. The number of piperazine rings is 1. The highest BCUT2D eigenvalue weighted by Crippen LogP contribution is 2.24. The molecule has 0 atom stereocenters. The number of rotatable bonds is 8. The number of carbonyl (C=O) groups excluding carboxylic acids is 1. The molecule has 1 amide bonds. The molecule has 2 aromatic carbocycles. The summed E-state index contributed by atoms with van der Waals surface area (Å²) in [5.41, 5.74) is 3.58. The summed E-state index contributed by atoms with van der Waals surface area (Å²) in [5, 5.41) is 20.8. The number of aromatic nitrogens is 4. The minimum atomic E-state index is -0.675. The first-order valence-corrected chi connectivity index (χ1v) is 12.6. The first-order valence-electron chi connectivity index (χ1n) is 12.6. The van der Waals surface area contributed by atoms with Crippen molar-refractivity contribution in [2.45, 2.75) is 19.4 Å². The lowest BCUT2D eigenvalue weighted by atomic mass is 10.1. The summed E-state index contributed by atoms with van der Waals surface area (Å²) >= 11 is 0. The second-order valence-electron chi connectivity index (χ2n) is 10.0. The van der Waals surface area contributed by atoms with Crippen LogP contribution in [0.2, 0.25) is 0 Å². The number of fused-ring (bicyclic) bond motifs is 1. The van der Waals surface area contributed by atoms with Crippen molar-refractivity contribution in [3.8, 4) is 11.4 Å². The van der Waals surface area contributed by atoms with Crippen LogP contribution in [0.4, 0.5) is 23.0 Å². The van der Waals surface area contributed by atoms with Crippen molar-refractivity contribution in [1.82, 2.24) is 24.5 Å². The van der Waals surface area contributed by atoms with Gasteiger partial charge in [-0.3, -0.25) is 9.69 Å². The van der Waals surface area contributed by atoms with Gasteiger partial charge in [0.25, 0.3) is 0 Å². The quantitative estimate of drug-likeness (QED) is 0.308. The molecule has 5 rings (SSSR count). The predicted molar refractivity (Wildman–Crippen MR) is 150 cm³/mol. The smallest absolute Gasteiger partial charge is 0.247 e. The number of imidazole rings is 1. The molecule has 1 aliphatic rings. The molecule has 0 spiro atoms. The monoisotopic (exact) mass is 512 g/mol. The van der Waals surface area contributed by atoms with Gasteiger partial charge in [-0.1, -0.05) is 18.7 Å². The van der Waals surface area contributed by atoms with Crippen molar-refractivity contribution in [2.75, 3.05) is 48.3 Å². The van der Waals surface area contributed by atoms with Gasteiger partial charge >= 0.3 is 0 Å². The van der Waals surface area contributed by atoms with Crippen LogP contribution in [0, 0.1) is 0 Å². The largest absolute Gasteiger partial charge is 0.389 e. The third kappa shape index (κ3) is 5.99. The van der Waals surface area contributed by atoms with Crippen LogP contribution < -0.4 is 15.5 Å². The van der Waals surface area contributed by atoms with Gasteiger partial charge in [0.1, 0.15) is 5.52 Å². The molecule has 4 aromatic rings. The Bertz CT molecular complexity index is 1430. The predicted octanol–water partition coefficient (Wildman–Crippen LogP) is 3.55. The lowest BCUT2D eigenvalue weighted by Crippen LogP contribution is -2.50. The van der Waals surface area contributed by atoms with Gasteiger partial charge in [0.15, 0.2) is 5.82 Å². The first kappa shape index (κ1) is 25.4. The van der Waals surface area contributed by atoms with Crippen LogP contribution in [0.3, 0.4) is 0 Å². The molecule has 1 fully saturated rings. The van der Waals surface area contributed by atoms with Crippen molar-refractivity contribution in [1.29, 1.82) is 0 Å². The van der Waals surface area contributed by atoms with E-state index in [9.17, 15) is 9.90 Å². The molecule has 3 heterocycles. The second kappa shape index (κ2) is 10.6. The molecule has 1 saturated heterocycles. The molecule has 2 aromatic heterocycles. The Morgan fingerprint density at radius 2 is 1.79 bits per heavy atom. The zero-order valence-corrected chi connectivity index (χ0v) is 21.6. The molecule has 3 N–H and O–H groups in total. The van der Waals surface area contributed by atoms with E-state index >= 15 is 0 Å². The number of hydrogen-bond donors (Lipinski definition) is 3. The Balaban J connectivity index is 1.28. The van der Waals surface area contributed by atoms with Crippen LogP contribution in [0.1, 0.15) is 13.8 Å². The lowest BCUT2D eigenvalue weighted by Gasteiger charge is -2.38. The summed E-state index contributed by atoms with van der Waals surface area (Å²) in [6.07, 6.45) is 4.66. The van der Waals surface area contributed by atoms with E-state index in [1.165, 1.54) is 6.08 Å². The normalized spacial score (nSPS) is 14.4. The number of nitrogens with one attached hydrogen (secondary N) is 2. The minimum absolute atomic E-state index is 0.275. The Labute approximate surface area is 221 Å².